The van der Waals surface area contributed by atoms with Crippen molar-refractivity contribution < 1.29 is 4.79 Å². The van der Waals surface area contributed by atoms with E-state index in [2.05, 4.69) is 33.2 Å². The van der Waals surface area contributed by atoms with Gasteiger partial charge in [0.25, 0.3) is 0 Å². The summed E-state index contributed by atoms with van der Waals surface area (Å²) in [4.78, 5) is 20.9. The van der Waals surface area contributed by atoms with Crippen LogP contribution in [0.15, 0.2) is 42.9 Å². The van der Waals surface area contributed by atoms with Crippen LogP contribution < -0.4 is 0 Å². The van der Waals surface area contributed by atoms with Crippen molar-refractivity contribution in [1.82, 2.24) is 29.7 Å². The molecule has 1 aliphatic heterocycles. The minimum Gasteiger partial charge on any atom is -0.344 e. The summed E-state index contributed by atoms with van der Waals surface area (Å²) < 4.78 is 1.63. The zero-order valence-corrected chi connectivity index (χ0v) is 14.4. The molecule has 1 saturated heterocycles. The van der Waals surface area contributed by atoms with E-state index in [4.69, 9.17) is 0 Å². The van der Waals surface area contributed by atoms with Crippen molar-refractivity contribution in [1.29, 1.82) is 0 Å². The molecule has 1 amide bonds. The number of aromatic amines is 1. The molecule has 5 heterocycles. The normalized spacial score (nSPS) is 20.3. The smallest absolute Gasteiger partial charge is 0.209 e. The number of likely N-dealkylation sites (tertiary alicyclic amines) is 1. The third-order valence-corrected chi connectivity index (χ3v) is 5.43. The summed E-state index contributed by atoms with van der Waals surface area (Å²) in [7, 11) is 0. The third-order valence-electron chi connectivity index (χ3n) is 5.43. The number of hydrogen-bond donors (Lipinski definition) is 1. The number of amides is 1. The average Bonchev–Trinajstić information content (AvgIpc) is 3.38. The highest BCUT2D eigenvalue weighted by molar-refractivity contribution is 5.97. The number of carbonyl (C=O) groups excluding carboxylic acids is 1. The fourth-order valence-electron chi connectivity index (χ4n) is 3.93. The van der Waals surface area contributed by atoms with Crippen molar-refractivity contribution in [2.24, 2.45) is 0 Å². The van der Waals surface area contributed by atoms with E-state index in [-0.39, 0.29) is 5.41 Å². The molecular weight excluding hydrogens is 328 g/mol. The maximum Gasteiger partial charge on any atom is 0.209 e. The van der Waals surface area contributed by atoms with Crippen molar-refractivity contribution in [2.45, 2.75) is 18.8 Å². The van der Waals surface area contributed by atoms with Crippen molar-refractivity contribution >= 4 is 23.0 Å². The van der Waals surface area contributed by atoms with Crippen LogP contribution in [0.1, 0.15) is 19.0 Å². The SMILES string of the molecule is CC1(c2cc3c(-c4cnn5ncccc45)ccnc3[nH]2)CCN(C=O)C1. The van der Waals surface area contributed by atoms with Crippen LogP contribution in [-0.2, 0) is 10.2 Å². The van der Waals surface area contributed by atoms with E-state index < -0.39 is 0 Å². The van der Waals surface area contributed by atoms with Crippen LogP contribution in [0.5, 0.6) is 0 Å². The molecule has 1 atom stereocenters. The van der Waals surface area contributed by atoms with Crippen LogP contribution in [0.2, 0.25) is 0 Å². The Labute approximate surface area is 149 Å². The molecule has 1 fully saturated rings. The minimum absolute atomic E-state index is 0.0818. The van der Waals surface area contributed by atoms with E-state index in [0.29, 0.717) is 0 Å². The molecule has 0 bridgehead atoms. The van der Waals surface area contributed by atoms with Crippen LogP contribution in [0.4, 0.5) is 0 Å². The average molecular weight is 346 g/mol. The van der Waals surface area contributed by atoms with Crippen molar-refractivity contribution in [3.05, 3.63) is 48.5 Å². The molecule has 26 heavy (non-hydrogen) atoms. The highest BCUT2D eigenvalue weighted by Gasteiger charge is 2.36. The Bertz CT molecular complexity index is 1130. The zero-order valence-electron chi connectivity index (χ0n) is 14.4. The van der Waals surface area contributed by atoms with Gasteiger partial charge in [-0.15, -0.1) is 0 Å². The first-order valence-corrected chi connectivity index (χ1v) is 8.65. The number of fused-ring (bicyclic) bond motifs is 2. The summed E-state index contributed by atoms with van der Waals surface area (Å²) in [5.74, 6) is 0. The van der Waals surface area contributed by atoms with Gasteiger partial charge in [-0.3, -0.25) is 4.79 Å². The van der Waals surface area contributed by atoms with Crippen molar-refractivity contribution in [3.63, 3.8) is 0 Å². The summed E-state index contributed by atoms with van der Waals surface area (Å²) >= 11 is 0. The number of aromatic nitrogens is 5. The van der Waals surface area contributed by atoms with Gasteiger partial charge in [0.2, 0.25) is 6.41 Å². The van der Waals surface area contributed by atoms with Gasteiger partial charge in [-0.25, -0.2) is 4.98 Å². The summed E-state index contributed by atoms with van der Waals surface area (Å²) in [6.45, 7) is 3.70. The molecule has 0 radical (unpaired) electrons. The molecule has 1 aliphatic rings. The predicted molar refractivity (Wildman–Crippen MR) is 97.7 cm³/mol. The molecule has 0 aliphatic carbocycles. The monoisotopic (exact) mass is 346 g/mol. The zero-order chi connectivity index (χ0) is 17.7. The minimum atomic E-state index is -0.0818. The van der Waals surface area contributed by atoms with Gasteiger partial charge >= 0.3 is 0 Å². The Balaban J connectivity index is 1.67. The predicted octanol–water partition coefficient (Wildman–Crippen LogP) is 2.39. The largest absolute Gasteiger partial charge is 0.344 e. The number of nitrogens with zero attached hydrogens (tertiary/aromatic N) is 5. The van der Waals surface area contributed by atoms with Gasteiger partial charge in [0, 0.05) is 47.5 Å². The van der Waals surface area contributed by atoms with E-state index in [1.54, 1.807) is 10.8 Å². The van der Waals surface area contributed by atoms with Crippen LogP contribution >= 0.6 is 0 Å². The number of pyridine rings is 1. The van der Waals surface area contributed by atoms with Gasteiger partial charge in [-0.05, 0) is 36.2 Å². The lowest BCUT2D eigenvalue weighted by Crippen LogP contribution is -2.27. The Kier molecular flexibility index (Phi) is 3.12. The second-order valence-electron chi connectivity index (χ2n) is 7.15. The van der Waals surface area contributed by atoms with E-state index >= 15 is 0 Å². The van der Waals surface area contributed by atoms with Crippen LogP contribution in [0, 0.1) is 0 Å². The summed E-state index contributed by atoms with van der Waals surface area (Å²) in [5.41, 5.74) is 4.96. The van der Waals surface area contributed by atoms with Gasteiger partial charge < -0.3 is 9.88 Å². The van der Waals surface area contributed by atoms with Gasteiger partial charge in [0.1, 0.15) is 5.65 Å². The summed E-state index contributed by atoms with van der Waals surface area (Å²) in [6.07, 6.45) is 7.25. The van der Waals surface area contributed by atoms with Gasteiger partial charge in [-0.1, -0.05) is 6.92 Å². The van der Waals surface area contributed by atoms with Gasteiger partial charge in [-0.2, -0.15) is 14.8 Å². The number of carbonyl (C=O) groups is 1. The second-order valence-corrected chi connectivity index (χ2v) is 7.15. The Morgan fingerprint density at radius 3 is 3.00 bits per heavy atom. The van der Waals surface area contributed by atoms with Gasteiger partial charge in [0.15, 0.2) is 0 Å². The molecule has 5 rings (SSSR count). The molecule has 4 aromatic heterocycles. The lowest BCUT2D eigenvalue weighted by molar-refractivity contribution is -0.117. The van der Waals surface area contributed by atoms with E-state index in [1.165, 1.54) is 0 Å². The Morgan fingerprint density at radius 1 is 1.23 bits per heavy atom. The molecule has 7 nitrogen and oxygen atoms in total. The fourth-order valence-corrected chi connectivity index (χ4v) is 3.93. The Hall–Kier alpha value is -3.22. The third kappa shape index (κ3) is 2.13. The highest BCUT2D eigenvalue weighted by atomic mass is 16.1. The molecule has 0 spiro atoms. The fraction of sp³-hybridized carbons (Fsp3) is 0.263. The number of hydrogen-bond acceptors (Lipinski definition) is 4. The highest BCUT2D eigenvalue weighted by Crippen LogP contribution is 2.37. The molecular formula is C19H18N6O. The van der Waals surface area contributed by atoms with Crippen molar-refractivity contribution in [2.75, 3.05) is 13.1 Å². The summed E-state index contributed by atoms with van der Waals surface area (Å²) in [6, 6.07) is 8.11. The topological polar surface area (TPSA) is 79.2 Å². The van der Waals surface area contributed by atoms with E-state index in [0.717, 1.165) is 59.3 Å². The molecule has 4 aromatic rings. The number of nitrogens with one attached hydrogen (secondary N) is 1. The molecule has 0 aromatic carbocycles. The molecule has 130 valence electrons. The molecule has 0 saturated carbocycles. The molecule has 7 heteroatoms. The van der Waals surface area contributed by atoms with Crippen LogP contribution in [0.3, 0.4) is 0 Å². The Morgan fingerprint density at radius 2 is 2.15 bits per heavy atom. The molecule has 1 N–H and O–H groups in total. The first kappa shape index (κ1) is 15.1. The lowest BCUT2D eigenvalue weighted by atomic mass is 9.86. The van der Waals surface area contributed by atoms with Crippen LogP contribution in [0.25, 0.3) is 27.7 Å². The number of H-pyrrole nitrogens is 1. The lowest BCUT2D eigenvalue weighted by Gasteiger charge is -2.21. The van der Waals surface area contributed by atoms with Crippen LogP contribution in [-0.4, -0.2) is 49.2 Å². The van der Waals surface area contributed by atoms with E-state index in [1.807, 2.05) is 35.5 Å². The quantitative estimate of drug-likeness (QED) is 0.578. The van der Waals surface area contributed by atoms with Crippen molar-refractivity contribution in [3.8, 4) is 11.1 Å². The van der Waals surface area contributed by atoms with Gasteiger partial charge in [0.05, 0.1) is 11.7 Å². The standard InChI is InChI=1S/C19H18N6O/c1-19(5-8-24(11-19)12-26)17-9-14-13(4-7-20-18(14)23-17)15-10-22-25-16(15)3-2-6-21-25/h2-4,6-7,9-10,12H,5,8,11H2,1H3,(H,20,23). The van der Waals surface area contributed by atoms with E-state index in [9.17, 15) is 4.79 Å². The maximum atomic E-state index is 11.1. The maximum absolute atomic E-state index is 11.1. The first-order chi connectivity index (χ1) is 12.7. The summed E-state index contributed by atoms with van der Waals surface area (Å²) in [5, 5.41) is 9.66. The number of rotatable bonds is 3. The second kappa shape index (κ2) is 5.39. The molecule has 1 unspecified atom stereocenters. The first-order valence-electron chi connectivity index (χ1n) is 8.65.